The summed E-state index contributed by atoms with van der Waals surface area (Å²) in [5, 5.41) is 2.53. The van der Waals surface area contributed by atoms with Gasteiger partial charge in [0.2, 0.25) is 5.75 Å². The Hall–Kier alpha value is -4.27. The Morgan fingerprint density at radius 2 is 1.54 bits per heavy atom. The van der Waals surface area contributed by atoms with Crippen molar-refractivity contribution in [2.24, 2.45) is 0 Å². The molecule has 0 fully saturated rings. The molecule has 8 nitrogen and oxygen atoms in total. The molecular weight excluding hydrogens is 479 g/mol. The number of esters is 2. The summed E-state index contributed by atoms with van der Waals surface area (Å²) in [6.07, 6.45) is 0.673. The molecule has 3 aromatic rings. The van der Waals surface area contributed by atoms with Gasteiger partial charge in [0.1, 0.15) is 18.0 Å². The summed E-state index contributed by atoms with van der Waals surface area (Å²) in [5.41, 5.74) is 2.52. The largest absolute Gasteiger partial charge is 0.493 e. The van der Waals surface area contributed by atoms with Gasteiger partial charge in [0.15, 0.2) is 11.4 Å². The number of carbonyl (C=O) groups excluding carboxylic acids is 3. The third-order valence-electron chi connectivity index (χ3n) is 5.69. The number of nitrogens with one attached hydrogen (secondary N) is 1. The van der Waals surface area contributed by atoms with Crippen LogP contribution in [0.5, 0.6) is 11.5 Å². The maximum Gasteiger partial charge on any atom is 0.328 e. The van der Waals surface area contributed by atoms with E-state index in [9.17, 15) is 18.8 Å². The molecule has 1 amide bonds. The number of benzene rings is 2. The van der Waals surface area contributed by atoms with Gasteiger partial charge in [-0.15, -0.1) is 0 Å². The Labute approximate surface area is 214 Å². The molecule has 0 saturated heterocycles. The van der Waals surface area contributed by atoms with E-state index in [0.717, 1.165) is 16.7 Å². The van der Waals surface area contributed by atoms with Crippen LogP contribution in [0.1, 0.15) is 53.9 Å². The van der Waals surface area contributed by atoms with Gasteiger partial charge >= 0.3 is 11.9 Å². The standard InChI is InChI=1S/C28H29FN2O6/c1-16-6-8-20(9-7-16)24(21-10-12-22(29)13-11-21)18(3)36-28(34)17(2)31-27(33)25-26(37-19(4)32)23(35-5)14-15-30-25/h6-15,17-18,24H,1-5H3,(H,31,33). The zero-order valence-corrected chi connectivity index (χ0v) is 21.3. The van der Waals surface area contributed by atoms with Crippen molar-refractivity contribution >= 4 is 17.8 Å². The van der Waals surface area contributed by atoms with E-state index in [2.05, 4.69) is 10.3 Å². The fraction of sp³-hybridized carbons (Fsp3) is 0.286. The number of methoxy groups -OCH3 is 1. The van der Waals surface area contributed by atoms with Crippen molar-refractivity contribution in [2.45, 2.75) is 45.8 Å². The molecule has 9 heteroatoms. The Morgan fingerprint density at radius 1 is 0.946 bits per heavy atom. The van der Waals surface area contributed by atoms with Crippen LogP contribution in [0, 0.1) is 12.7 Å². The lowest BCUT2D eigenvalue weighted by atomic mass is 9.87. The Bertz CT molecular complexity index is 1220. The molecule has 2 aromatic carbocycles. The molecule has 3 unspecified atom stereocenters. The molecule has 0 aliphatic heterocycles. The number of hydrogen-bond acceptors (Lipinski definition) is 7. The highest BCUT2D eigenvalue weighted by molar-refractivity contribution is 5.98. The predicted molar refractivity (Wildman–Crippen MR) is 134 cm³/mol. The van der Waals surface area contributed by atoms with E-state index in [4.69, 9.17) is 14.2 Å². The molecule has 3 atom stereocenters. The molecule has 1 N–H and O–H groups in total. The van der Waals surface area contributed by atoms with Crippen molar-refractivity contribution < 1.29 is 33.0 Å². The second-order valence-electron chi connectivity index (χ2n) is 8.56. The zero-order valence-electron chi connectivity index (χ0n) is 21.3. The number of amides is 1. The average Bonchev–Trinajstić information content (AvgIpc) is 2.86. The van der Waals surface area contributed by atoms with Gasteiger partial charge in [-0.05, 0) is 44.0 Å². The molecule has 0 aliphatic carbocycles. The summed E-state index contributed by atoms with van der Waals surface area (Å²) in [6.45, 7) is 6.36. The van der Waals surface area contributed by atoms with Crippen LogP contribution in [0.2, 0.25) is 0 Å². The summed E-state index contributed by atoms with van der Waals surface area (Å²) in [7, 11) is 1.36. The first kappa shape index (κ1) is 27.3. The van der Waals surface area contributed by atoms with Crippen LogP contribution in [0.3, 0.4) is 0 Å². The normalized spacial score (nSPS) is 13.1. The van der Waals surface area contributed by atoms with Gasteiger partial charge in [-0.1, -0.05) is 42.0 Å². The second-order valence-corrected chi connectivity index (χ2v) is 8.56. The van der Waals surface area contributed by atoms with Crippen LogP contribution in [0.25, 0.3) is 0 Å². The van der Waals surface area contributed by atoms with Crippen molar-refractivity contribution in [3.63, 3.8) is 0 Å². The number of aromatic nitrogens is 1. The van der Waals surface area contributed by atoms with E-state index in [-0.39, 0.29) is 28.9 Å². The monoisotopic (exact) mass is 508 g/mol. The SMILES string of the molecule is COc1ccnc(C(=O)NC(C)C(=O)OC(C)C(c2ccc(C)cc2)c2ccc(F)cc2)c1OC(C)=O. The van der Waals surface area contributed by atoms with Gasteiger partial charge in [-0.25, -0.2) is 14.2 Å². The minimum absolute atomic E-state index is 0.138. The molecule has 0 saturated carbocycles. The molecule has 1 aromatic heterocycles. The van der Waals surface area contributed by atoms with Gasteiger partial charge in [0.05, 0.1) is 7.11 Å². The summed E-state index contributed by atoms with van der Waals surface area (Å²) in [4.78, 5) is 41.3. The van der Waals surface area contributed by atoms with Crippen molar-refractivity contribution in [1.29, 1.82) is 0 Å². The molecular formula is C28H29FN2O6. The van der Waals surface area contributed by atoms with Crippen molar-refractivity contribution in [2.75, 3.05) is 7.11 Å². The van der Waals surface area contributed by atoms with E-state index < -0.39 is 30.0 Å². The van der Waals surface area contributed by atoms with Crippen LogP contribution in [0.4, 0.5) is 4.39 Å². The quantitative estimate of drug-likeness (QED) is 0.429. The van der Waals surface area contributed by atoms with Crippen molar-refractivity contribution in [3.8, 4) is 11.5 Å². The van der Waals surface area contributed by atoms with Crippen LogP contribution < -0.4 is 14.8 Å². The minimum Gasteiger partial charge on any atom is -0.493 e. The van der Waals surface area contributed by atoms with Crippen molar-refractivity contribution in [1.82, 2.24) is 10.3 Å². The number of aryl methyl sites for hydroxylation is 1. The molecule has 0 bridgehead atoms. The number of carbonyl (C=O) groups is 3. The highest BCUT2D eigenvalue weighted by atomic mass is 19.1. The molecule has 0 aliphatic rings. The fourth-order valence-corrected chi connectivity index (χ4v) is 3.85. The zero-order chi connectivity index (χ0) is 27.1. The number of ether oxygens (including phenoxy) is 3. The minimum atomic E-state index is -1.06. The first-order valence-corrected chi connectivity index (χ1v) is 11.7. The van der Waals surface area contributed by atoms with E-state index in [1.807, 2.05) is 31.2 Å². The highest BCUT2D eigenvalue weighted by Gasteiger charge is 2.29. The van der Waals surface area contributed by atoms with E-state index in [1.54, 1.807) is 19.1 Å². The Morgan fingerprint density at radius 3 is 2.11 bits per heavy atom. The topological polar surface area (TPSA) is 104 Å². The van der Waals surface area contributed by atoms with Crippen molar-refractivity contribution in [3.05, 3.63) is 89.0 Å². The lowest BCUT2D eigenvalue weighted by Crippen LogP contribution is -2.41. The molecule has 0 radical (unpaired) electrons. The van der Waals surface area contributed by atoms with Crippen LogP contribution in [0.15, 0.2) is 60.8 Å². The van der Waals surface area contributed by atoms with Gasteiger partial charge in [-0.3, -0.25) is 9.59 Å². The average molecular weight is 509 g/mol. The number of rotatable bonds is 9. The Balaban J connectivity index is 1.78. The highest BCUT2D eigenvalue weighted by Crippen LogP contribution is 2.31. The molecule has 3 rings (SSSR count). The summed E-state index contributed by atoms with van der Waals surface area (Å²) < 4.78 is 29.6. The smallest absolute Gasteiger partial charge is 0.328 e. The van der Waals surface area contributed by atoms with Crippen LogP contribution in [-0.4, -0.2) is 42.1 Å². The van der Waals surface area contributed by atoms with E-state index >= 15 is 0 Å². The molecule has 37 heavy (non-hydrogen) atoms. The Kier molecular flexibility index (Phi) is 8.95. The first-order chi connectivity index (χ1) is 17.6. The summed E-state index contributed by atoms with van der Waals surface area (Å²) in [5.74, 6) is -2.85. The molecule has 1 heterocycles. The number of pyridine rings is 1. The van der Waals surface area contributed by atoms with Gasteiger partial charge in [0.25, 0.3) is 5.91 Å². The summed E-state index contributed by atoms with van der Waals surface area (Å²) >= 11 is 0. The maximum atomic E-state index is 13.6. The number of hydrogen-bond donors (Lipinski definition) is 1. The third kappa shape index (κ3) is 6.91. The fourth-order valence-electron chi connectivity index (χ4n) is 3.85. The summed E-state index contributed by atoms with van der Waals surface area (Å²) in [6, 6.07) is 14.2. The third-order valence-corrected chi connectivity index (χ3v) is 5.69. The van der Waals surface area contributed by atoms with Crippen LogP contribution >= 0.6 is 0 Å². The second kappa shape index (κ2) is 12.1. The first-order valence-electron chi connectivity index (χ1n) is 11.7. The lowest BCUT2D eigenvalue weighted by molar-refractivity contribution is -0.150. The van der Waals surface area contributed by atoms with E-state index in [0.29, 0.717) is 0 Å². The van der Waals surface area contributed by atoms with Gasteiger partial charge in [0, 0.05) is 25.1 Å². The number of nitrogens with zero attached hydrogens (tertiary/aromatic N) is 1. The van der Waals surface area contributed by atoms with E-state index in [1.165, 1.54) is 45.4 Å². The lowest BCUT2D eigenvalue weighted by Gasteiger charge is -2.26. The van der Waals surface area contributed by atoms with Gasteiger partial charge < -0.3 is 19.5 Å². The molecule has 0 spiro atoms. The maximum absolute atomic E-state index is 13.6. The van der Waals surface area contributed by atoms with Crippen LogP contribution in [-0.2, 0) is 14.3 Å². The predicted octanol–water partition coefficient (Wildman–Crippen LogP) is 4.35. The van der Waals surface area contributed by atoms with Gasteiger partial charge in [-0.2, -0.15) is 0 Å². The number of halogens is 1. The molecule has 194 valence electrons.